The average molecular weight is 567 g/mol. The van der Waals surface area contributed by atoms with Crippen LogP contribution < -0.4 is 10.8 Å². The zero-order chi connectivity index (χ0) is 29.4. The fourth-order valence-electron chi connectivity index (χ4n) is 5.70. The van der Waals surface area contributed by atoms with Crippen molar-refractivity contribution in [1.29, 1.82) is 0 Å². The topological polar surface area (TPSA) is 94.0 Å². The van der Waals surface area contributed by atoms with E-state index in [-0.39, 0.29) is 17.3 Å². The monoisotopic (exact) mass is 566 g/mol. The first kappa shape index (κ1) is 29.9. The minimum atomic E-state index is -0.442. The molecule has 0 aliphatic carbocycles. The molecule has 1 amide bonds. The quantitative estimate of drug-likeness (QED) is 0.507. The van der Waals surface area contributed by atoms with Crippen LogP contribution in [0, 0.1) is 5.92 Å². The lowest BCUT2D eigenvalue weighted by Gasteiger charge is -2.38. The largest absolute Gasteiger partial charge is 0.496 e. The second-order valence-corrected chi connectivity index (χ2v) is 13.8. The van der Waals surface area contributed by atoms with Gasteiger partial charge < -0.3 is 29.2 Å². The molecule has 0 unspecified atom stereocenters. The lowest BCUT2D eigenvalue weighted by molar-refractivity contribution is 0.00578. The van der Waals surface area contributed by atoms with E-state index in [1.165, 1.54) is 0 Å². The summed E-state index contributed by atoms with van der Waals surface area (Å²) in [4.78, 5) is 21.4. The Morgan fingerprint density at radius 1 is 1.02 bits per heavy atom. The third-order valence-corrected chi connectivity index (χ3v) is 8.90. The Labute approximate surface area is 245 Å². The number of hydrogen-bond acceptors (Lipinski definition) is 8. The van der Waals surface area contributed by atoms with Gasteiger partial charge in [-0.15, -0.1) is 0 Å². The molecular weight excluding hydrogens is 519 g/mol. The zero-order valence-corrected chi connectivity index (χ0v) is 25.9. The fourth-order valence-corrected chi connectivity index (χ4v) is 5.70. The van der Waals surface area contributed by atoms with Crippen molar-refractivity contribution < 1.29 is 18.8 Å². The maximum absolute atomic E-state index is 12.4. The number of ether oxygens (including phenoxy) is 1. The zero-order valence-electron chi connectivity index (χ0n) is 25.9. The molecule has 5 rings (SSSR count). The second-order valence-electron chi connectivity index (χ2n) is 13.8. The summed E-state index contributed by atoms with van der Waals surface area (Å²) in [5, 5.41) is 8.03. The molecule has 41 heavy (non-hydrogen) atoms. The SMILES string of the molecule is CC(C)(C)OC(=O)N1CCC(CN2CCC(n3cc(Nc4ccc(B5OC(C)(C)C(C)(C)O5)cn4)cn3)CC2)CC1. The maximum Gasteiger partial charge on any atom is 0.496 e. The lowest BCUT2D eigenvalue weighted by Crippen LogP contribution is -2.45. The molecule has 0 radical (unpaired) electrons. The third kappa shape index (κ3) is 7.24. The van der Waals surface area contributed by atoms with Crippen molar-refractivity contribution in [2.24, 2.45) is 5.92 Å². The van der Waals surface area contributed by atoms with Crippen LogP contribution in [-0.2, 0) is 14.0 Å². The number of nitrogens with zero attached hydrogens (tertiary/aromatic N) is 5. The molecule has 3 aliphatic heterocycles. The Morgan fingerprint density at radius 2 is 1.68 bits per heavy atom. The molecule has 224 valence electrons. The summed E-state index contributed by atoms with van der Waals surface area (Å²) < 4.78 is 19.9. The van der Waals surface area contributed by atoms with Gasteiger partial charge in [-0.3, -0.25) is 4.68 Å². The van der Waals surface area contributed by atoms with Gasteiger partial charge in [-0.05, 0) is 86.1 Å². The van der Waals surface area contributed by atoms with Crippen LogP contribution in [0.1, 0.15) is 80.2 Å². The van der Waals surface area contributed by atoms with Gasteiger partial charge in [0.05, 0.1) is 29.1 Å². The normalized spacial score (nSPS) is 22.2. The van der Waals surface area contributed by atoms with Gasteiger partial charge in [0.25, 0.3) is 0 Å². The van der Waals surface area contributed by atoms with Gasteiger partial charge in [0.1, 0.15) is 11.4 Å². The van der Waals surface area contributed by atoms with E-state index in [1.54, 1.807) is 0 Å². The first-order valence-corrected chi connectivity index (χ1v) is 15.1. The van der Waals surface area contributed by atoms with Crippen molar-refractivity contribution in [2.45, 2.75) is 97.0 Å². The molecule has 11 heteroatoms. The number of hydrogen-bond donors (Lipinski definition) is 1. The molecule has 1 N–H and O–H groups in total. The van der Waals surface area contributed by atoms with Crippen LogP contribution in [0.15, 0.2) is 30.7 Å². The lowest BCUT2D eigenvalue weighted by atomic mass is 9.80. The number of carbonyl (C=O) groups excluding carboxylic acids is 1. The van der Waals surface area contributed by atoms with Gasteiger partial charge in [-0.2, -0.15) is 5.10 Å². The number of carbonyl (C=O) groups is 1. The fraction of sp³-hybridized carbons (Fsp3) is 0.700. The molecule has 2 aromatic heterocycles. The molecule has 0 aromatic carbocycles. The van der Waals surface area contributed by atoms with Crippen molar-refractivity contribution >= 4 is 30.2 Å². The average Bonchev–Trinajstić information content (AvgIpc) is 3.45. The van der Waals surface area contributed by atoms with Crippen molar-refractivity contribution in [1.82, 2.24) is 24.6 Å². The summed E-state index contributed by atoms with van der Waals surface area (Å²) in [6, 6.07) is 4.35. The van der Waals surface area contributed by atoms with Gasteiger partial charge in [0.15, 0.2) is 0 Å². The van der Waals surface area contributed by atoms with Crippen molar-refractivity contribution in [3.8, 4) is 0 Å². The van der Waals surface area contributed by atoms with E-state index >= 15 is 0 Å². The van der Waals surface area contributed by atoms with Gasteiger partial charge in [-0.1, -0.05) is 6.07 Å². The van der Waals surface area contributed by atoms with Crippen LogP contribution in [0.4, 0.5) is 16.3 Å². The third-order valence-electron chi connectivity index (χ3n) is 8.90. The Bertz CT molecular complexity index is 1160. The number of amides is 1. The molecule has 3 saturated heterocycles. The number of rotatable bonds is 6. The van der Waals surface area contributed by atoms with Crippen LogP contribution >= 0.6 is 0 Å². The van der Waals surface area contributed by atoms with E-state index in [4.69, 9.17) is 14.0 Å². The molecule has 0 atom stereocenters. The smallest absolute Gasteiger partial charge is 0.444 e. The number of piperidine rings is 2. The number of pyridine rings is 1. The molecule has 0 saturated carbocycles. The number of aromatic nitrogens is 3. The number of nitrogens with one attached hydrogen (secondary N) is 1. The van der Waals surface area contributed by atoms with Crippen LogP contribution in [0.5, 0.6) is 0 Å². The van der Waals surface area contributed by atoms with E-state index in [2.05, 4.69) is 58.9 Å². The molecular formula is C30H47BN6O4. The van der Waals surface area contributed by atoms with E-state index in [1.807, 2.05) is 50.2 Å². The summed E-state index contributed by atoms with van der Waals surface area (Å²) in [5.74, 6) is 1.40. The number of anilines is 2. The molecule has 0 spiro atoms. The molecule has 5 heterocycles. The van der Waals surface area contributed by atoms with Crippen molar-refractivity contribution in [3.05, 3.63) is 30.7 Å². The molecule has 10 nitrogen and oxygen atoms in total. The van der Waals surface area contributed by atoms with Gasteiger partial charge >= 0.3 is 13.2 Å². The first-order valence-electron chi connectivity index (χ1n) is 15.1. The summed E-state index contributed by atoms with van der Waals surface area (Å²) in [6.45, 7) is 18.8. The van der Waals surface area contributed by atoms with Crippen molar-refractivity contribution in [3.63, 3.8) is 0 Å². The minimum absolute atomic E-state index is 0.181. The second kappa shape index (κ2) is 11.6. The Kier molecular flexibility index (Phi) is 8.42. The highest BCUT2D eigenvalue weighted by Gasteiger charge is 2.51. The Balaban J connectivity index is 1.05. The van der Waals surface area contributed by atoms with E-state index in [0.717, 1.165) is 75.4 Å². The summed E-state index contributed by atoms with van der Waals surface area (Å²) >= 11 is 0. The van der Waals surface area contributed by atoms with Crippen LogP contribution in [0.25, 0.3) is 0 Å². The van der Waals surface area contributed by atoms with Gasteiger partial charge in [0, 0.05) is 50.6 Å². The summed E-state index contributed by atoms with van der Waals surface area (Å²) in [5.41, 5.74) is 0.647. The molecule has 2 aromatic rings. The summed E-state index contributed by atoms with van der Waals surface area (Å²) in [6.07, 6.45) is 9.83. The van der Waals surface area contributed by atoms with Crippen LogP contribution in [0.3, 0.4) is 0 Å². The summed E-state index contributed by atoms with van der Waals surface area (Å²) in [7, 11) is -0.416. The highest BCUT2D eigenvalue weighted by atomic mass is 16.7. The maximum atomic E-state index is 12.4. The predicted molar refractivity (Wildman–Crippen MR) is 161 cm³/mol. The Hall–Kier alpha value is -2.63. The van der Waals surface area contributed by atoms with Crippen LogP contribution in [0.2, 0.25) is 0 Å². The standard InChI is InChI=1S/C30H47BN6O4/c1-28(2,3)39-27(38)36-16-10-22(11-17-36)20-35-14-12-25(13-15-35)37-21-24(19-33-37)34-26-9-8-23(18-32-26)31-40-29(4,5)30(6,7)41-31/h8-9,18-19,21-22,25H,10-17,20H2,1-7H3,(H,32,34). The van der Waals surface area contributed by atoms with Crippen molar-refractivity contribution in [2.75, 3.05) is 38.0 Å². The molecule has 3 fully saturated rings. The van der Waals surface area contributed by atoms with E-state index in [0.29, 0.717) is 12.0 Å². The van der Waals surface area contributed by atoms with Gasteiger partial charge in [-0.25, -0.2) is 9.78 Å². The molecule has 0 bridgehead atoms. The predicted octanol–water partition coefficient (Wildman–Crippen LogP) is 4.60. The number of likely N-dealkylation sites (tertiary alicyclic amines) is 2. The molecule has 3 aliphatic rings. The first-order chi connectivity index (χ1) is 19.3. The highest BCUT2D eigenvalue weighted by molar-refractivity contribution is 6.62. The van der Waals surface area contributed by atoms with Gasteiger partial charge in [0.2, 0.25) is 0 Å². The highest BCUT2D eigenvalue weighted by Crippen LogP contribution is 2.36. The van der Waals surface area contributed by atoms with E-state index in [9.17, 15) is 4.79 Å². The Morgan fingerprint density at radius 3 is 2.27 bits per heavy atom. The minimum Gasteiger partial charge on any atom is -0.444 e. The van der Waals surface area contributed by atoms with E-state index < -0.39 is 12.7 Å². The van der Waals surface area contributed by atoms with Crippen LogP contribution in [-0.4, -0.2) is 87.3 Å².